The minimum atomic E-state index is 0.592. The van der Waals surface area contributed by atoms with Gasteiger partial charge in [0, 0.05) is 0 Å². The zero-order valence-corrected chi connectivity index (χ0v) is 10.8. The second-order valence-corrected chi connectivity index (χ2v) is 4.84. The first-order chi connectivity index (χ1) is 9.40. The van der Waals surface area contributed by atoms with Crippen molar-refractivity contribution in [3.63, 3.8) is 0 Å². The van der Waals surface area contributed by atoms with Crippen LogP contribution < -0.4 is 0 Å². The summed E-state index contributed by atoms with van der Waals surface area (Å²) in [6, 6.07) is 10.0. The molecule has 0 spiro atoms. The molecule has 1 aromatic carbocycles. The van der Waals surface area contributed by atoms with Gasteiger partial charge in [0.15, 0.2) is 0 Å². The highest BCUT2D eigenvalue weighted by Gasteiger charge is 2.08. The fourth-order valence-electron chi connectivity index (χ4n) is 1.58. The van der Waals surface area contributed by atoms with Gasteiger partial charge in [0.1, 0.15) is 5.03 Å². The van der Waals surface area contributed by atoms with E-state index >= 15 is 0 Å². The van der Waals surface area contributed by atoms with E-state index in [4.69, 9.17) is 4.42 Å². The number of benzene rings is 1. The fourth-order valence-corrected chi connectivity index (χ4v) is 2.21. The zero-order chi connectivity index (χ0) is 12.9. The van der Waals surface area contributed by atoms with Gasteiger partial charge < -0.3 is 4.42 Å². The van der Waals surface area contributed by atoms with Crippen LogP contribution in [0.25, 0.3) is 0 Å². The first kappa shape index (κ1) is 11.9. The molecule has 6 nitrogen and oxygen atoms in total. The number of thioether (sulfide) groups is 1. The van der Waals surface area contributed by atoms with Crippen LogP contribution in [0, 0.1) is 0 Å². The predicted molar refractivity (Wildman–Crippen MR) is 69.5 cm³/mol. The number of H-pyrrole nitrogens is 1. The summed E-state index contributed by atoms with van der Waals surface area (Å²) in [5.41, 5.74) is 1.15. The maximum absolute atomic E-state index is 5.58. The van der Waals surface area contributed by atoms with Crippen molar-refractivity contribution < 1.29 is 4.42 Å². The molecule has 7 heteroatoms. The number of nitrogens with one attached hydrogen (secondary N) is 1. The van der Waals surface area contributed by atoms with Crippen molar-refractivity contribution in [1.82, 2.24) is 25.6 Å². The number of aromatic nitrogens is 5. The van der Waals surface area contributed by atoms with Crippen LogP contribution in [0.1, 0.15) is 17.3 Å². The van der Waals surface area contributed by atoms with E-state index in [0.717, 1.165) is 10.6 Å². The predicted octanol–water partition coefficient (Wildman–Crippen LogP) is 2.07. The third-order valence-corrected chi connectivity index (χ3v) is 3.33. The van der Waals surface area contributed by atoms with Crippen molar-refractivity contribution in [2.24, 2.45) is 0 Å². The summed E-state index contributed by atoms with van der Waals surface area (Å²) in [5.74, 6) is 1.81. The Morgan fingerprint density at radius 3 is 2.74 bits per heavy atom. The van der Waals surface area contributed by atoms with Crippen molar-refractivity contribution in [3.05, 3.63) is 53.9 Å². The van der Waals surface area contributed by atoms with Crippen LogP contribution in [0.15, 0.2) is 46.0 Å². The minimum absolute atomic E-state index is 0.592. The van der Waals surface area contributed by atoms with Gasteiger partial charge in [0.2, 0.25) is 11.8 Å². The largest absolute Gasteiger partial charge is 0.424 e. The average Bonchev–Trinajstić information content (AvgIpc) is 3.09. The van der Waals surface area contributed by atoms with Gasteiger partial charge in [-0.15, -0.1) is 15.3 Å². The van der Waals surface area contributed by atoms with Crippen LogP contribution in [0.4, 0.5) is 0 Å². The van der Waals surface area contributed by atoms with Gasteiger partial charge in [-0.25, -0.2) is 0 Å². The van der Waals surface area contributed by atoms with E-state index < -0.39 is 0 Å². The lowest BCUT2D eigenvalue weighted by atomic mass is 10.2. The van der Waals surface area contributed by atoms with Gasteiger partial charge >= 0.3 is 0 Å². The van der Waals surface area contributed by atoms with Crippen molar-refractivity contribution in [1.29, 1.82) is 0 Å². The molecule has 0 saturated carbocycles. The molecule has 2 aromatic heterocycles. The number of aromatic amines is 1. The highest BCUT2D eigenvalue weighted by molar-refractivity contribution is 7.98. The van der Waals surface area contributed by atoms with Gasteiger partial charge in [-0.1, -0.05) is 42.1 Å². The smallest absolute Gasteiger partial charge is 0.226 e. The van der Waals surface area contributed by atoms with Crippen molar-refractivity contribution in [2.45, 2.75) is 17.2 Å². The Bertz CT molecular complexity index is 623. The highest BCUT2D eigenvalue weighted by atomic mass is 32.2. The van der Waals surface area contributed by atoms with E-state index in [-0.39, 0.29) is 0 Å². The summed E-state index contributed by atoms with van der Waals surface area (Å²) >= 11 is 1.50. The van der Waals surface area contributed by atoms with Gasteiger partial charge in [0.05, 0.1) is 18.4 Å². The van der Waals surface area contributed by atoms with E-state index in [1.807, 2.05) is 30.3 Å². The monoisotopic (exact) mass is 273 g/mol. The van der Waals surface area contributed by atoms with Crippen LogP contribution in [0.3, 0.4) is 0 Å². The third-order valence-electron chi connectivity index (χ3n) is 2.44. The second-order valence-electron chi connectivity index (χ2n) is 3.85. The standard InChI is InChI=1S/C12H11N5OS/c1-2-4-9(5-3-1)6-10-14-15-11(18-10)8-19-12-7-13-17-16-12/h1-5,7H,6,8H2,(H,13,16,17). The topological polar surface area (TPSA) is 80.5 Å². The molecule has 19 heavy (non-hydrogen) atoms. The molecule has 0 aliphatic heterocycles. The Hall–Kier alpha value is -2.15. The first-order valence-electron chi connectivity index (χ1n) is 5.74. The molecule has 1 N–H and O–H groups in total. The van der Waals surface area contributed by atoms with Crippen LogP contribution in [-0.4, -0.2) is 25.6 Å². The summed E-state index contributed by atoms with van der Waals surface area (Å²) in [4.78, 5) is 0. The zero-order valence-electron chi connectivity index (χ0n) is 9.98. The SMILES string of the molecule is c1ccc(Cc2nnc(CSc3cn[nH]n3)o2)cc1. The summed E-state index contributed by atoms with van der Waals surface area (Å²) in [6.45, 7) is 0. The maximum Gasteiger partial charge on any atom is 0.226 e. The second kappa shape index (κ2) is 5.66. The molecule has 2 heterocycles. The lowest BCUT2D eigenvalue weighted by Crippen LogP contribution is -1.87. The number of hydrogen-bond donors (Lipinski definition) is 1. The Morgan fingerprint density at radius 2 is 1.95 bits per heavy atom. The van der Waals surface area contributed by atoms with Crippen LogP contribution >= 0.6 is 11.8 Å². The quantitative estimate of drug-likeness (QED) is 0.717. The Labute approximate surface area is 113 Å². The third kappa shape index (κ3) is 3.19. The van der Waals surface area contributed by atoms with E-state index in [2.05, 4.69) is 25.6 Å². The number of hydrogen-bond acceptors (Lipinski definition) is 6. The maximum atomic E-state index is 5.58. The molecule has 3 aromatic rings. The summed E-state index contributed by atoms with van der Waals surface area (Å²) in [5, 5.41) is 19.1. The summed E-state index contributed by atoms with van der Waals surface area (Å²) < 4.78 is 5.58. The lowest BCUT2D eigenvalue weighted by molar-refractivity contribution is 0.474. The van der Waals surface area contributed by atoms with Gasteiger partial charge in [-0.2, -0.15) is 10.3 Å². The molecule has 0 fully saturated rings. The molecule has 0 radical (unpaired) electrons. The molecule has 0 amide bonds. The molecule has 3 rings (SSSR count). The molecule has 96 valence electrons. The van der Waals surface area contributed by atoms with E-state index in [0.29, 0.717) is 24.0 Å². The van der Waals surface area contributed by atoms with E-state index in [9.17, 15) is 0 Å². The van der Waals surface area contributed by atoms with Crippen LogP contribution in [-0.2, 0) is 12.2 Å². The van der Waals surface area contributed by atoms with Gasteiger partial charge in [0.25, 0.3) is 0 Å². The van der Waals surface area contributed by atoms with Crippen LogP contribution in [0.5, 0.6) is 0 Å². The minimum Gasteiger partial charge on any atom is -0.424 e. The van der Waals surface area contributed by atoms with Crippen molar-refractivity contribution in [3.8, 4) is 0 Å². The number of nitrogens with zero attached hydrogens (tertiary/aromatic N) is 4. The van der Waals surface area contributed by atoms with Gasteiger partial charge in [-0.3, -0.25) is 0 Å². The molecule has 0 unspecified atom stereocenters. The Kier molecular flexibility index (Phi) is 3.55. The molecule has 0 bridgehead atoms. The molecular weight excluding hydrogens is 262 g/mol. The van der Waals surface area contributed by atoms with Crippen LogP contribution in [0.2, 0.25) is 0 Å². The Balaban J connectivity index is 1.60. The first-order valence-corrected chi connectivity index (χ1v) is 6.72. The normalized spacial score (nSPS) is 10.7. The molecule has 0 atom stereocenters. The molecular formula is C12H11N5OS. The molecule has 0 saturated heterocycles. The summed E-state index contributed by atoms with van der Waals surface area (Å²) in [7, 11) is 0. The van der Waals surface area contributed by atoms with Crippen molar-refractivity contribution in [2.75, 3.05) is 0 Å². The Morgan fingerprint density at radius 1 is 1.11 bits per heavy atom. The van der Waals surface area contributed by atoms with E-state index in [1.54, 1.807) is 6.20 Å². The molecule has 0 aliphatic rings. The van der Waals surface area contributed by atoms with E-state index in [1.165, 1.54) is 11.8 Å². The average molecular weight is 273 g/mol. The molecule has 0 aliphatic carbocycles. The number of rotatable bonds is 5. The van der Waals surface area contributed by atoms with Crippen molar-refractivity contribution >= 4 is 11.8 Å². The van der Waals surface area contributed by atoms with Gasteiger partial charge in [-0.05, 0) is 5.56 Å². The summed E-state index contributed by atoms with van der Waals surface area (Å²) in [6.07, 6.45) is 2.31. The fraction of sp³-hybridized carbons (Fsp3) is 0.167. The lowest BCUT2D eigenvalue weighted by Gasteiger charge is -1.95. The highest BCUT2D eigenvalue weighted by Crippen LogP contribution is 2.19.